The van der Waals surface area contributed by atoms with E-state index < -0.39 is 0 Å². The van der Waals surface area contributed by atoms with Gasteiger partial charge in [0.15, 0.2) is 0 Å². The van der Waals surface area contributed by atoms with Gasteiger partial charge in [-0.1, -0.05) is 97.1 Å². The van der Waals surface area contributed by atoms with E-state index in [0.717, 1.165) is 111 Å². The van der Waals surface area contributed by atoms with Gasteiger partial charge in [0.1, 0.15) is 0 Å². The molecule has 9 aromatic carbocycles. The van der Waals surface area contributed by atoms with Gasteiger partial charge in [-0.05, 0) is 147 Å². The number of benzene rings is 9. The van der Waals surface area contributed by atoms with Crippen molar-refractivity contribution >= 4 is 43.6 Å². The monoisotopic (exact) mass is 914 g/mol. The van der Waals surface area contributed by atoms with Gasteiger partial charge >= 0.3 is 0 Å². The summed E-state index contributed by atoms with van der Waals surface area (Å²) in [5.41, 5.74) is 16.1. The summed E-state index contributed by atoms with van der Waals surface area (Å²) in [5.74, 6) is 0. The summed E-state index contributed by atoms with van der Waals surface area (Å²) in [4.78, 5) is 4.44. The topological polar surface area (TPSA) is 142 Å². The molecule has 12 aromatic rings. The predicted octanol–water partition coefficient (Wildman–Crippen LogP) is 15.0. The summed E-state index contributed by atoms with van der Waals surface area (Å²) in [6.07, 6.45) is 3.54. The van der Waals surface area contributed by atoms with Gasteiger partial charge in [0, 0.05) is 39.5 Å². The third-order valence-electron chi connectivity index (χ3n) is 13.6. The van der Waals surface area contributed by atoms with Crippen molar-refractivity contribution in [2.75, 3.05) is 0 Å². The van der Waals surface area contributed by atoms with E-state index in [-0.39, 0.29) is 0 Å². The molecule has 0 fully saturated rings. The molecule has 0 aliphatic heterocycles. The largest absolute Gasteiger partial charge is 0.308 e. The Labute approximate surface area is 413 Å². The maximum Gasteiger partial charge on any atom is 0.0998 e. The van der Waals surface area contributed by atoms with Crippen LogP contribution < -0.4 is 0 Å². The molecule has 0 N–H and O–H groups in total. The van der Waals surface area contributed by atoms with E-state index in [1.54, 1.807) is 12.4 Å². The zero-order valence-electron chi connectivity index (χ0n) is 38.2. The van der Waals surface area contributed by atoms with Crippen molar-refractivity contribution in [3.63, 3.8) is 0 Å². The molecule has 0 spiro atoms. The summed E-state index contributed by atoms with van der Waals surface area (Å²) >= 11 is 0. The molecule has 0 amide bonds. The number of fused-ring (bicyclic) bond motifs is 6. The standard InChI is InChI=1S/C64H34N8/c65-35-40-29-62(71-58-21-17-42(50-13-5-1-9-46(50)36-66)31-54(58)55-32-43(18-22-59(55)71)51-14-6-2-10-47(51)37-67)64(41-25-27-70-28-26-41)63(30-40)72-60-23-19-44(52-15-7-3-11-48(52)38-68)33-56(60)57-34-45(20-24-61(57)72)53-16-8-4-12-49(53)39-69/h1-34H. The first kappa shape index (κ1) is 42.5. The van der Waals surface area contributed by atoms with Crippen LogP contribution in [0.1, 0.15) is 27.8 Å². The third-order valence-corrected chi connectivity index (χ3v) is 13.6. The van der Waals surface area contributed by atoms with E-state index in [9.17, 15) is 26.3 Å². The van der Waals surface area contributed by atoms with Gasteiger partial charge in [-0.2, -0.15) is 26.3 Å². The number of aromatic nitrogens is 3. The number of pyridine rings is 1. The van der Waals surface area contributed by atoms with Crippen molar-refractivity contribution in [1.29, 1.82) is 26.3 Å². The fraction of sp³-hybridized carbons (Fsp3) is 0. The second-order valence-electron chi connectivity index (χ2n) is 17.5. The molecule has 0 saturated carbocycles. The zero-order chi connectivity index (χ0) is 48.9. The molecule has 12 rings (SSSR count). The van der Waals surface area contributed by atoms with Crippen molar-refractivity contribution in [3.05, 3.63) is 234 Å². The van der Waals surface area contributed by atoms with Gasteiger partial charge < -0.3 is 9.13 Å². The molecule has 3 aromatic heterocycles. The number of nitriles is 5. The maximum absolute atomic E-state index is 11.1. The minimum atomic E-state index is 0.432. The molecule has 8 heteroatoms. The maximum atomic E-state index is 11.1. The fourth-order valence-electron chi connectivity index (χ4n) is 10.4. The lowest BCUT2D eigenvalue weighted by molar-refractivity contribution is 1.13. The molecule has 0 atom stereocenters. The molecule has 330 valence electrons. The van der Waals surface area contributed by atoms with Crippen LogP contribution in [0.5, 0.6) is 0 Å². The van der Waals surface area contributed by atoms with Crippen LogP contribution in [0.3, 0.4) is 0 Å². The number of hydrogen-bond donors (Lipinski definition) is 0. The first-order valence-corrected chi connectivity index (χ1v) is 23.1. The second kappa shape index (κ2) is 17.4. The average Bonchev–Trinajstić information content (AvgIpc) is 3.96. The molecule has 0 unspecified atom stereocenters. The number of hydrogen-bond acceptors (Lipinski definition) is 6. The van der Waals surface area contributed by atoms with Crippen LogP contribution in [0.25, 0.3) is 111 Å². The van der Waals surface area contributed by atoms with Gasteiger partial charge in [0.2, 0.25) is 0 Å². The van der Waals surface area contributed by atoms with Crippen LogP contribution in [0.4, 0.5) is 0 Å². The summed E-state index contributed by atoms with van der Waals surface area (Å²) in [6, 6.07) is 75.2. The predicted molar refractivity (Wildman–Crippen MR) is 284 cm³/mol. The van der Waals surface area contributed by atoms with E-state index in [4.69, 9.17) is 0 Å². The van der Waals surface area contributed by atoms with Gasteiger partial charge in [-0.15, -0.1) is 0 Å². The molecular weight excluding hydrogens is 881 g/mol. The Morgan fingerprint density at radius 1 is 0.306 bits per heavy atom. The summed E-state index contributed by atoms with van der Waals surface area (Å²) < 4.78 is 4.43. The van der Waals surface area contributed by atoms with E-state index >= 15 is 0 Å². The Balaban J connectivity index is 1.20. The van der Waals surface area contributed by atoms with Gasteiger partial charge in [-0.3, -0.25) is 4.98 Å². The minimum Gasteiger partial charge on any atom is -0.308 e. The van der Waals surface area contributed by atoms with Crippen LogP contribution in [0.2, 0.25) is 0 Å². The Morgan fingerprint density at radius 2 is 0.611 bits per heavy atom. The molecule has 3 heterocycles. The number of rotatable bonds is 7. The molecular formula is C64H34N8. The number of nitrogens with zero attached hydrogens (tertiary/aromatic N) is 8. The van der Waals surface area contributed by atoms with Crippen molar-refractivity contribution in [2.24, 2.45) is 0 Å². The van der Waals surface area contributed by atoms with Crippen molar-refractivity contribution in [1.82, 2.24) is 14.1 Å². The van der Waals surface area contributed by atoms with Crippen LogP contribution in [0.15, 0.2) is 207 Å². The molecule has 8 nitrogen and oxygen atoms in total. The Hall–Kier alpha value is -10.8. The normalized spacial score (nSPS) is 11.0. The van der Waals surface area contributed by atoms with E-state index in [1.165, 1.54) is 0 Å². The van der Waals surface area contributed by atoms with Crippen LogP contribution in [0, 0.1) is 56.7 Å². The van der Waals surface area contributed by atoms with Crippen LogP contribution in [-0.4, -0.2) is 14.1 Å². The van der Waals surface area contributed by atoms with Crippen molar-refractivity contribution in [3.8, 4) is 97.4 Å². The van der Waals surface area contributed by atoms with E-state index in [0.29, 0.717) is 27.8 Å². The molecule has 0 aliphatic carbocycles. The third kappa shape index (κ3) is 6.84. The highest BCUT2D eigenvalue weighted by Gasteiger charge is 2.25. The molecule has 0 aliphatic rings. The first-order chi connectivity index (χ1) is 35.5. The lowest BCUT2D eigenvalue weighted by atomic mass is 9.96. The Kier molecular flexibility index (Phi) is 10.3. The molecule has 0 bridgehead atoms. The van der Waals surface area contributed by atoms with Crippen LogP contribution in [-0.2, 0) is 0 Å². The summed E-state index contributed by atoms with van der Waals surface area (Å²) in [7, 11) is 0. The van der Waals surface area contributed by atoms with E-state index in [1.807, 2.05) is 146 Å². The molecule has 0 radical (unpaired) electrons. The quantitative estimate of drug-likeness (QED) is 0.156. The summed E-state index contributed by atoms with van der Waals surface area (Å²) in [5, 5.41) is 55.5. The SMILES string of the molecule is N#Cc1cc(-n2c3ccc(-c4ccccc4C#N)cc3c3cc(-c4ccccc4C#N)ccc32)c(-c2ccncc2)c(-n2c3ccc(-c4ccccc4C#N)cc3c3cc(-c4ccccc4C#N)ccc32)c1. The summed E-state index contributed by atoms with van der Waals surface area (Å²) in [6.45, 7) is 0. The highest BCUT2D eigenvalue weighted by Crippen LogP contribution is 2.45. The highest BCUT2D eigenvalue weighted by atomic mass is 15.0. The first-order valence-electron chi connectivity index (χ1n) is 23.1. The van der Waals surface area contributed by atoms with Gasteiger partial charge in [-0.25, -0.2) is 0 Å². The lowest BCUT2D eigenvalue weighted by Gasteiger charge is -2.21. The average molecular weight is 915 g/mol. The Morgan fingerprint density at radius 3 is 0.903 bits per heavy atom. The second-order valence-corrected chi connectivity index (χ2v) is 17.5. The molecule has 0 saturated heterocycles. The van der Waals surface area contributed by atoms with Crippen LogP contribution >= 0.6 is 0 Å². The lowest BCUT2D eigenvalue weighted by Crippen LogP contribution is -2.05. The highest BCUT2D eigenvalue weighted by molar-refractivity contribution is 6.14. The molecule has 72 heavy (non-hydrogen) atoms. The van der Waals surface area contributed by atoms with E-state index in [2.05, 4.69) is 93.0 Å². The van der Waals surface area contributed by atoms with Crippen molar-refractivity contribution < 1.29 is 0 Å². The smallest absolute Gasteiger partial charge is 0.0998 e. The van der Waals surface area contributed by atoms with Crippen molar-refractivity contribution in [2.45, 2.75) is 0 Å². The fourth-order valence-corrected chi connectivity index (χ4v) is 10.4. The van der Waals surface area contributed by atoms with Gasteiger partial charge in [0.25, 0.3) is 0 Å². The minimum absolute atomic E-state index is 0.432. The van der Waals surface area contributed by atoms with Gasteiger partial charge in [0.05, 0.1) is 91.6 Å². The Bertz CT molecular complexity index is 3970. The zero-order valence-corrected chi connectivity index (χ0v) is 38.2.